The van der Waals surface area contributed by atoms with Gasteiger partial charge in [0, 0.05) is 5.69 Å². The van der Waals surface area contributed by atoms with Crippen LogP contribution in [0.3, 0.4) is 0 Å². The molecule has 0 radical (unpaired) electrons. The summed E-state index contributed by atoms with van der Waals surface area (Å²) in [5, 5.41) is 5.49. The molecule has 0 spiro atoms. The number of halogens is 1. The van der Waals surface area contributed by atoms with Crippen molar-refractivity contribution in [1.82, 2.24) is 9.97 Å². The Balaban J connectivity index is 1.72. The number of hydrogen-bond acceptors (Lipinski definition) is 6. The quantitative estimate of drug-likeness (QED) is 0.672. The number of methoxy groups -OCH3 is 1. The Labute approximate surface area is 154 Å². The van der Waals surface area contributed by atoms with E-state index in [0.717, 1.165) is 0 Å². The van der Waals surface area contributed by atoms with Gasteiger partial charge in [0.1, 0.15) is 17.3 Å². The fourth-order valence-corrected chi connectivity index (χ4v) is 2.29. The SMILES string of the molecule is COC(=O)c1ccccc1Nc1cnc(C(=O)Nc2cccc(F)c2)cn1. The zero-order valence-corrected chi connectivity index (χ0v) is 14.3. The summed E-state index contributed by atoms with van der Waals surface area (Å²) < 4.78 is 17.9. The lowest BCUT2D eigenvalue weighted by Crippen LogP contribution is -2.14. The van der Waals surface area contributed by atoms with Crippen LogP contribution < -0.4 is 10.6 Å². The van der Waals surface area contributed by atoms with Crippen molar-refractivity contribution in [2.75, 3.05) is 17.7 Å². The molecule has 3 rings (SSSR count). The highest BCUT2D eigenvalue weighted by Gasteiger charge is 2.13. The zero-order valence-electron chi connectivity index (χ0n) is 14.3. The molecular formula is C19H15FN4O3. The van der Waals surface area contributed by atoms with Crippen LogP contribution in [-0.2, 0) is 4.74 Å². The van der Waals surface area contributed by atoms with Crippen LogP contribution in [0.4, 0.5) is 21.6 Å². The third-order valence-corrected chi connectivity index (χ3v) is 3.56. The zero-order chi connectivity index (χ0) is 19.2. The fourth-order valence-electron chi connectivity index (χ4n) is 2.29. The average molecular weight is 366 g/mol. The first-order valence-corrected chi connectivity index (χ1v) is 7.90. The second-order valence-corrected chi connectivity index (χ2v) is 5.41. The molecule has 3 aromatic rings. The average Bonchev–Trinajstić information content (AvgIpc) is 2.68. The molecule has 2 N–H and O–H groups in total. The normalized spacial score (nSPS) is 10.1. The van der Waals surface area contributed by atoms with Gasteiger partial charge in [-0.05, 0) is 30.3 Å². The molecule has 7 nitrogen and oxygen atoms in total. The smallest absolute Gasteiger partial charge is 0.339 e. The van der Waals surface area contributed by atoms with Crippen molar-refractivity contribution in [3.63, 3.8) is 0 Å². The number of anilines is 3. The summed E-state index contributed by atoms with van der Waals surface area (Å²) in [5.41, 5.74) is 1.22. The van der Waals surface area contributed by atoms with Crippen LogP contribution in [0.5, 0.6) is 0 Å². The van der Waals surface area contributed by atoms with E-state index < -0.39 is 17.7 Å². The van der Waals surface area contributed by atoms with Crippen LogP contribution in [0, 0.1) is 5.82 Å². The molecule has 0 bridgehead atoms. The van der Waals surface area contributed by atoms with Gasteiger partial charge in [-0.2, -0.15) is 0 Å². The van der Waals surface area contributed by atoms with Crippen molar-refractivity contribution in [2.45, 2.75) is 0 Å². The molecule has 1 heterocycles. The molecule has 0 aliphatic carbocycles. The number of aromatic nitrogens is 2. The highest BCUT2D eigenvalue weighted by atomic mass is 19.1. The molecule has 0 aliphatic heterocycles. The number of amides is 1. The van der Waals surface area contributed by atoms with Gasteiger partial charge < -0.3 is 15.4 Å². The van der Waals surface area contributed by atoms with Crippen LogP contribution in [0.1, 0.15) is 20.8 Å². The number of nitrogens with zero attached hydrogens (tertiary/aromatic N) is 2. The summed E-state index contributed by atoms with van der Waals surface area (Å²) >= 11 is 0. The number of benzene rings is 2. The number of hydrogen-bond donors (Lipinski definition) is 2. The second kappa shape index (κ2) is 8.05. The molecule has 0 unspecified atom stereocenters. The lowest BCUT2D eigenvalue weighted by molar-refractivity contribution is 0.0601. The lowest BCUT2D eigenvalue weighted by Gasteiger charge is -2.10. The number of esters is 1. The topological polar surface area (TPSA) is 93.2 Å². The monoisotopic (exact) mass is 366 g/mol. The van der Waals surface area contributed by atoms with Gasteiger partial charge in [0.25, 0.3) is 5.91 Å². The standard InChI is InChI=1S/C19H15FN4O3/c1-27-19(26)14-7-2-3-8-15(14)24-17-11-21-16(10-22-17)18(25)23-13-6-4-5-12(20)9-13/h2-11H,1H3,(H,22,24)(H,23,25). The predicted molar refractivity (Wildman–Crippen MR) is 97.4 cm³/mol. The van der Waals surface area contributed by atoms with Crippen molar-refractivity contribution >= 4 is 29.1 Å². The Hall–Kier alpha value is -3.81. The molecule has 27 heavy (non-hydrogen) atoms. The number of nitrogens with one attached hydrogen (secondary N) is 2. The van der Waals surface area contributed by atoms with Crippen LogP contribution in [0.25, 0.3) is 0 Å². The highest BCUT2D eigenvalue weighted by molar-refractivity contribution is 6.02. The Bertz CT molecular complexity index is 977. The van der Waals surface area contributed by atoms with Gasteiger partial charge in [-0.3, -0.25) is 4.79 Å². The molecular weight excluding hydrogens is 351 g/mol. The van der Waals surface area contributed by atoms with Crippen molar-refractivity contribution in [2.24, 2.45) is 0 Å². The first-order chi connectivity index (χ1) is 13.1. The Kier molecular flexibility index (Phi) is 5.36. The van der Waals surface area contributed by atoms with Crippen molar-refractivity contribution in [3.8, 4) is 0 Å². The lowest BCUT2D eigenvalue weighted by atomic mass is 10.2. The summed E-state index contributed by atoms with van der Waals surface area (Å²) in [4.78, 5) is 32.1. The maximum atomic E-state index is 13.2. The maximum Gasteiger partial charge on any atom is 0.339 e. The van der Waals surface area contributed by atoms with Gasteiger partial charge in [-0.1, -0.05) is 18.2 Å². The van der Waals surface area contributed by atoms with Gasteiger partial charge >= 0.3 is 5.97 Å². The molecule has 8 heteroatoms. The third-order valence-electron chi connectivity index (χ3n) is 3.56. The molecule has 0 saturated carbocycles. The molecule has 1 amide bonds. The first-order valence-electron chi connectivity index (χ1n) is 7.90. The number of carbonyl (C=O) groups excluding carboxylic acids is 2. The molecule has 0 fully saturated rings. The minimum atomic E-state index is -0.519. The van der Waals surface area contributed by atoms with E-state index in [1.165, 1.54) is 37.7 Å². The fraction of sp³-hybridized carbons (Fsp3) is 0.0526. The summed E-state index contributed by atoms with van der Waals surface area (Å²) in [6, 6.07) is 12.3. The Morgan fingerprint density at radius 3 is 2.56 bits per heavy atom. The van der Waals surface area contributed by atoms with Gasteiger partial charge in [0.15, 0.2) is 0 Å². The number of ether oxygens (including phenoxy) is 1. The van der Waals surface area contributed by atoms with Crippen LogP contribution in [-0.4, -0.2) is 29.0 Å². The van der Waals surface area contributed by atoms with Gasteiger partial charge in [-0.25, -0.2) is 19.2 Å². The molecule has 1 aromatic heterocycles. The van der Waals surface area contributed by atoms with E-state index in [1.807, 2.05) is 0 Å². The van der Waals surface area contributed by atoms with E-state index >= 15 is 0 Å². The summed E-state index contributed by atoms with van der Waals surface area (Å²) in [5.74, 6) is -1.12. The molecule has 136 valence electrons. The summed E-state index contributed by atoms with van der Waals surface area (Å²) in [6.07, 6.45) is 2.63. The van der Waals surface area contributed by atoms with Crippen molar-refractivity contribution in [1.29, 1.82) is 0 Å². The minimum absolute atomic E-state index is 0.0612. The maximum absolute atomic E-state index is 13.2. The second-order valence-electron chi connectivity index (χ2n) is 5.41. The Morgan fingerprint density at radius 2 is 1.85 bits per heavy atom. The van der Waals surface area contributed by atoms with Crippen molar-refractivity contribution < 1.29 is 18.7 Å². The van der Waals surface area contributed by atoms with E-state index in [9.17, 15) is 14.0 Å². The van der Waals surface area contributed by atoms with E-state index in [2.05, 4.69) is 20.6 Å². The van der Waals surface area contributed by atoms with Gasteiger partial charge in [0.05, 0.1) is 30.8 Å². The van der Waals surface area contributed by atoms with Gasteiger partial charge in [-0.15, -0.1) is 0 Å². The molecule has 0 saturated heterocycles. The number of rotatable bonds is 5. The van der Waals surface area contributed by atoms with Crippen LogP contribution in [0.15, 0.2) is 60.9 Å². The molecule has 0 atom stereocenters. The van der Waals surface area contributed by atoms with E-state index in [0.29, 0.717) is 22.8 Å². The minimum Gasteiger partial charge on any atom is -0.465 e. The van der Waals surface area contributed by atoms with Crippen LogP contribution >= 0.6 is 0 Å². The van der Waals surface area contributed by atoms with E-state index in [-0.39, 0.29) is 5.69 Å². The predicted octanol–water partition coefficient (Wildman–Crippen LogP) is 3.40. The molecule has 2 aromatic carbocycles. The third kappa shape index (κ3) is 4.43. The van der Waals surface area contributed by atoms with Crippen molar-refractivity contribution in [3.05, 3.63) is 78.0 Å². The Morgan fingerprint density at radius 1 is 1.04 bits per heavy atom. The molecule has 0 aliphatic rings. The highest BCUT2D eigenvalue weighted by Crippen LogP contribution is 2.20. The van der Waals surface area contributed by atoms with E-state index in [4.69, 9.17) is 4.74 Å². The van der Waals surface area contributed by atoms with Gasteiger partial charge in [0.2, 0.25) is 0 Å². The number of carbonyl (C=O) groups is 2. The first kappa shape index (κ1) is 18.0. The number of para-hydroxylation sites is 1. The van der Waals surface area contributed by atoms with E-state index in [1.54, 1.807) is 30.3 Å². The summed E-state index contributed by atoms with van der Waals surface area (Å²) in [7, 11) is 1.30. The summed E-state index contributed by atoms with van der Waals surface area (Å²) in [6.45, 7) is 0. The van der Waals surface area contributed by atoms with Crippen LogP contribution in [0.2, 0.25) is 0 Å². The largest absolute Gasteiger partial charge is 0.465 e.